The Balaban J connectivity index is 1.76. The molecular formula is C22H22N6O2S. The summed E-state index contributed by atoms with van der Waals surface area (Å²) >= 11 is 1.42. The Morgan fingerprint density at radius 1 is 1.16 bits per heavy atom. The number of aromatic nitrogens is 2. The summed E-state index contributed by atoms with van der Waals surface area (Å²) in [6, 6.07) is 15.7. The van der Waals surface area contributed by atoms with Crippen LogP contribution in [-0.4, -0.2) is 41.1 Å². The van der Waals surface area contributed by atoms with E-state index in [4.69, 9.17) is 11.0 Å². The number of carbonyl (C=O) groups is 2. The van der Waals surface area contributed by atoms with E-state index in [0.29, 0.717) is 12.1 Å². The first-order valence-corrected chi connectivity index (χ1v) is 10.6. The van der Waals surface area contributed by atoms with Gasteiger partial charge in [-0.25, -0.2) is 0 Å². The molecule has 0 unspecified atom stereocenters. The molecule has 0 aliphatic heterocycles. The second-order valence-electron chi connectivity index (χ2n) is 6.79. The summed E-state index contributed by atoms with van der Waals surface area (Å²) in [4.78, 5) is 25.4. The highest BCUT2D eigenvalue weighted by Gasteiger charge is 2.22. The molecule has 3 rings (SSSR count). The van der Waals surface area contributed by atoms with E-state index >= 15 is 0 Å². The molecule has 1 heterocycles. The molecule has 0 spiro atoms. The Kier molecular flexibility index (Phi) is 7.81. The maximum absolute atomic E-state index is 12.7. The lowest BCUT2D eigenvalue weighted by Gasteiger charge is -2.18. The zero-order valence-electron chi connectivity index (χ0n) is 16.7. The predicted molar refractivity (Wildman–Crippen MR) is 118 cm³/mol. The van der Waals surface area contributed by atoms with Crippen LogP contribution in [0.5, 0.6) is 0 Å². The van der Waals surface area contributed by atoms with Crippen LogP contribution < -0.4 is 16.4 Å². The van der Waals surface area contributed by atoms with Crippen LogP contribution in [0, 0.1) is 11.3 Å². The second-order valence-corrected chi connectivity index (χ2v) is 7.62. The topological polar surface area (TPSA) is 134 Å². The molecular weight excluding hydrogens is 412 g/mol. The highest BCUT2D eigenvalue weighted by molar-refractivity contribution is 7.12. The maximum Gasteiger partial charge on any atom is 0.251 e. The van der Waals surface area contributed by atoms with Crippen molar-refractivity contribution in [3.05, 3.63) is 70.7 Å². The maximum atomic E-state index is 12.7. The minimum Gasteiger partial charge on any atom is -0.341 e. The smallest absolute Gasteiger partial charge is 0.251 e. The summed E-state index contributed by atoms with van der Waals surface area (Å²) in [7, 11) is 0. The van der Waals surface area contributed by atoms with Crippen LogP contribution in [0.4, 0.5) is 0 Å². The van der Waals surface area contributed by atoms with Crippen molar-refractivity contribution in [2.24, 2.45) is 5.73 Å². The molecule has 2 aromatic carbocycles. The Morgan fingerprint density at radius 2 is 1.97 bits per heavy atom. The van der Waals surface area contributed by atoms with Crippen LogP contribution in [-0.2, 0) is 17.6 Å². The lowest BCUT2D eigenvalue weighted by atomic mass is 10.0. The summed E-state index contributed by atoms with van der Waals surface area (Å²) in [5.74, 6) is -0.785. The molecule has 9 heteroatoms. The molecule has 8 nitrogen and oxygen atoms in total. The lowest BCUT2D eigenvalue weighted by Crippen LogP contribution is -2.48. The highest BCUT2D eigenvalue weighted by Crippen LogP contribution is 2.22. The first-order valence-electron chi connectivity index (χ1n) is 9.70. The van der Waals surface area contributed by atoms with Crippen LogP contribution in [0.2, 0.25) is 0 Å². The average Bonchev–Trinajstić information content (AvgIpc) is 3.33. The van der Waals surface area contributed by atoms with Crippen molar-refractivity contribution in [3.8, 4) is 16.6 Å². The van der Waals surface area contributed by atoms with Gasteiger partial charge in [0.2, 0.25) is 5.91 Å². The first-order chi connectivity index (χ1) is 15.1. The van der Waals surface area contributed by atoms with Gasteiger partial charge in [0.1, 0.15) is 23.1 Å². The van der Waals surface area contributed by atoms with Crippen LogP contribution in [0.15, 0.2) is 54.0 Å². The monoisotopic (exact) mass is 434 g/mol. The Bertz CT molecular complexity index is 1060. The summed E-state index contributed by atoms with van der Waals surface area (Å²) in [5.41, 5.74) is 10.4. The fourth-order valence-electron chi connectivity index (χ4n) is 3.06. The number of nitrogens with two attached hydrogens (primary N) is 1. The lowest BCUT2D eigenvalue weighted by molar-refractivity contribution is -0.122. The number of hydrogen-bond donors (Lipinski definition) is 3. The van der Waals surface area contributed by atoms with Crippen molar-refractivity contribution >= 4 is 23.2 Å². The number of hydrogen-bond acceptors (Lipinski definition) is 7. The summed E-state index contributed by atoms with van der Waals surface area (Å²) < 4.78 is 0. The van der Waals surface area contributed by atoms with Crippen LogP contribution in [0.1, 0.15) is 21.5 Å². The third-order valence-corrected chi connectivity index (χ3v) is 5.33. The van der Waals surface area contributed by atoms with Gasteiger partial charge in [-0.05, 0) is 42.3 Å². The van der Waals surface area contributed by atoms with Gasteiger partial charge in [0.25, 0.3) is 5.91 Å². The van der Waals surface area contributed by atoms with Crippen LogP contribution in [0.25, 0.3) is 10.6 Å². The van der Waals surface area contributed by atoms with E-state index in [-0.39, 0.29) is 18.9 Å². The van der Waals surface area contributed by atoms with E-state index in [1.807, 2.05) is 42.5 Å². The van der Waals surface area contributed by atoms with Crippen molar-refractivity contribution in [1.29, 1.82) is 5.26 Å². The van der Waals surface area contributed by atoms with E-state index in [1.54, 1.807) is 17.6 Å². The number of rotatable bonds is 9. The van der Waals surface area contributed by atoms with Crippen LogP contribution in [0.3, 0.4) is 0 Å². The van der Waals surface area contributed by atoms with E-state index in [0.717, 1.165) is 28.1 Å². The molecule has 0 saturated carbocycles. The van der Waals surface area contributed by atoms with Gasteiger partial charge in [-0.15, -0.1) is 10.2 Å². The molecule has 1 atom stereocenters. The van der Waals surface area contributed by atoms with E-state index < -0.39 is 11.9 Å². The molecule has 31 heavy (non-hydrogen) atoms. The fraction of sp³-hybridized carbons (Fsp3) is 0.227. The molecule has 2 amide bonds. The second kappa shape index (κ2) is 11.0. The predicted octanol–water partition coefficient (Wildman–Crippen LogP) is 1.69. The Morgan fingerprint density at radius 3 is 2.65 bits per heavy atom. The molecule has 0 fully saturated rings. The number of nitriles is 1. The number of nitrogens with one attached hydrogen (secondary N) is 2. The minimum atomic E-state index is -0.839. The zero-order chi connectivity index (χ0) is 22.1. The van der Waals surface area contributed by atoms with Crippen molar-refractivity contribution in [2.75, 3.05) is 13.1 Å². The molecule has 0 saturated heterocycles. The van der Waals surface area contributed by atoms with Gasteiger partial charge in [-0.1, -0.05) is 41.7 Å². The van der Waals surface area contributed by atoms with Gasteiger partial charge in [0.15, 0.2) is 0 Å². The van der Waals surface area contributed by atoms with E-state index in [1.165, 1.54) is 11.3 Å². The van der Waals surface area contributed by atoms with E-state index in [9.17, 15) is 9.59 Å². The average molecular weight is 435 g/mol. The number of carbonyl (C=O) groups excluding carboxylic acids is 2. The van der Waals surface area contributed by atoms with Gasteiger partial charge >= 0.3 is 0 Å². The van der Waals surface area contributed by atoms with Gasteiger partial charge in [0.05, 0.1) is 6.07 Å². The summed E-state index contributed by atoms with van der Waals surface area (Å²) in [6.45, 7) is 0.395. The molecule has 1 aromatic heterocycles. The van der Waals surface area contributed by atoms with Gasteiger partial charge < -0.3 is 16.4 Å². The van der Waals surface area contributed by atoms with Gasteiger partial charge in [-0.3, -0.25) is 9.59 Å². The Labute approximate surface area is 184 Å². The van der Waals surface area contributed by atoms with Crippen molar-refractivity contribution in [1.82, 2.24) is 20.8 Å². The molecule has 0 aliphatic rings. The fourth-order valence-corrected chi connectivity index (χ4v) is 3.61. The molecule has 0 radical (unpaired) electrons. The minimum absolute atomic E-state index is 0.135. The molecule has 0 bridgehead atoms. The third kappa shape index (κ3) is 6.18. The zero-order valence-corrected chi connectivity index (χ0v) is 17.6. The van der Waals surface area contributed by atoms with Gasteiger partial charge in [0, 0.05) is 17.5 Å². The summed E-state index contributed by atoms with van der Waals surface area (Å²) in [5, 5.41) is 22.8. The normalized spacial score (nSPS) is 11.4. The number of amides is 2. The quantitative estimate of drug-likeness (QED) is 0.439. The van der Waals surface area contributed by atoms with Crippen molar-refractivity contribution in [3.63, 3.8) is 0 Å². The van der Waals surface area contributed by atoms with Crippen molar-refractivity contribution in [2.45, 2.75) is 18.9 Å². The van der Waals surface area contributed by atoms with Gasteiger partial charge in [-0.2, -0.15) is 5.26 Å². The standard InChI is InChI=1S/C22H22N6O2S/c23-9-8-15-4-6-17(7-5-15)20(29)27-19(21(30)25-11-10-24)13-16-2-1-3-18(12-16)22-28-26-14-31-22/h1-7,12,14,19H,8-9,11,13,23H2,(H,25,30)(H,27,29)/t19-/m0/s1. The molecule has 0 aliphatic carbocycles. The third-order valence-electron chi connectivity index (χ3n) is 4.59. The van der Waals surface area contributed by atoms with Crippen LogP contribution >= 0.6 is 11.3 Å². The number of nitrogens with zero attached hydrogens (tertiary/aromatic N) is 3. The van der Waals surface area contributed by atoms with E-state index in [2.05, 4.69) is 20.8 Å². The Hall–Kier alpha value is -3.61. The highest BCUT2D eigenvalue weighted by atomic mass is 32.1. The molecule has 158 valence electrons. The molecule has 4 N–H and O–H groups in total. The number of benzene rings is 2. The molecule has 3 aromatic rings. The summed E-state index contributed by atoms with van der Waals surface area (Å²) in [6.07, 6.45) is 0.993. The first kappa shape index (κ1) is 22.1. The largest absolute Gasteiger partial charge is 0.341 e. The van der Waals surface area contributed by atoms with Crippen molar-refractivity contribution < 1.29 is 9.59 Å². The SMILES string of the molecule is N#CCNC(=O)[C@H](Cc1cccc(-c2nncs2)c1)NC(=O)c1ccc(CCN)cc1.